The molecule has 6 heteroatoms. The van der Waals surface area contributed by atoms with Crippen molar-refractivity contribution in [3.05, 3.63) is 70.3 Å². The maximum absolute atomic E-state index is 13.5. The van der Waals surface area contributed by atoms with Gasteiger partial charge < -0.3 is 9.64 Å². The van der Waals surface area contributed by atoms with Crippen molar-refractivity contribution in [2.24, 2.45) is 0 Å². The molecule has 1 aromatic heterocycles. The molecular formula is C25H31N3O3. The summed E-state index contributed by atoms with van der Waals surface area (Å²) in [6.45, 7) is 7.12. The lowest BCUT2D eigenvalue weighted by Crippen LogP contribution is -2.38. The number of hydrogen-bond acceptors (Lipinski definition) is 4. The number of unbranched alkanes of at least 4 members (excludes halogenated alkanes) is 2. The van der Waals surface area contributed by atoms with Crippen molar-refractivity contribution in [3.8, 4) is 5.75 Å². The van der Waals surface area contributed by atoms with Crippen LogP contribution in [0.4, 0.5) is 0 Å². The third-order valence-corrected chi connectivity index (χ3v) is 5.65. The topological polar surface area (TPSA) is 64.4 Å². The highest BCUT2D eigenvalue weighted by molar-refractivity contribution is 5.94. The first-order chi connectivity index (χ1) is 15.0. The number of nitrogens with zero attached hydrogens (tertiary/aromatic N) is 3. The fourth-order valence-corrected chi connectivity index (χ4v) is 3.85. The number of hydrogen-bond donors (Lipinski definition) is 0. The molecule has 6 nitrogen and oxygen atoms in total. The van der Waals surface area contributed by atoms with Crippen LogP contribution in [0, 0.1) is 0 Å². The highest BCUT2D eigenvalue weighted by Crippen LogP contribution is 2.24. The van der Waals surface area contributed by atoms with Crippen molar-refractivity contribution in [3.63, 3.8) is 0 Å². The first kappa shape index (κ1) is 22.5. The summed E-state index contributed by atoms with van der Waals surface area (Å²) >= 11 is 0. The van der Waals surface area contributed by atoms with Gasteiger partial charge in [-0.3, -0.25) is 14.2 Å². The number of carbonyl (C=O) groups excluding carboxylic acids is 1. The smallest absolute Gasteiger partial charge is 0.261 e. The predicted octanol–water partition coefficient (Wildman–Crippen LogP) is 4.82. The number of benzene rings is 2. The highest BCUT2D eigenvalue weighted by atomic mass is 16.5. The van der Waals surface area contributed by atoms with E-state index in [4.69, 9.17) is 9.72 Å². The van der Waals surface area contributed by atoms with E-state index in [1.54, 1.807) is 42.0 Å². The second-order valence-corrected chi connectivity index (χ2v) is 7.65. The van der Waals surface area contributed by atoms with E-state index >= 15 is 0 Å². The van der Waals surface area contributed by atoms with Crippen LogP contribution in [0.2, 0.25) is 0 Å². The molecule has 3 rings (SSSR count). The Kier molecular flexibility index (Phi) is 7.45. The Labute approximate surface area is 183 Å². The normalized spacial score (nSPS) is 12.0. The third kappa shape index (κ3) is 4.79. The lowest BCUT2D eigenvalue weighted by molar-refractivity contribution is 0.0675. The van der Waals surface area contributed by atoms with Gasteiger partial charge in [-0.05, 0) is 56.7 Å². The Morgan fingerprint density at radius 1 is 1.10 bits per heavy atom. The molecule has 0 aliphatic rings. The zero-order chi connectivity index (χ0) is 22.4. The monoisotopic (exact) mass is 421 g/mol. The molecule has 0 spiro atoms. The molecule has 0 N–H and O–H groups in total. The van der Waals surface area contributed by atoms with Gasteiger partial charge in [0.05, 0.1) is 24.1 Å². The van der Waals surface area contributed by atoms with Crippen LogP contribution >= 0.6 is 0 Å². The standard InChI is InChI=1S/C25H31N3O3/c1-5-7-10-17-28(24(29)19-13-15-20(31-4)16-14-19)18(3)23-26-22-12-9-8-11-21(22)25(30)27(23)6-2/h8-9,11-16,18H,5-7,10,17H2,1-4H3. The fraction of sp³-hybridized carbons (Fsp3) is 0.400. The minimum atomic E-state index is -0.344. The van der Waals surface area contributed by atoms with Crippen molar-refractivity contribution in [1.82, 2.24) is 14.5 Å². The van der Waals surface area contributed by atoms with Crippen LogP contribution < -0.4 is 10.3 Å². The van der Waals surface area contributed by atoms with Crippen LogP contribution in [-0.2, 0) is 6.54 Å². The van der Waals surface area contributed by atoms with Gasteiger partial charge in [-0.2, -0.15) is 0 Å². The zero-order valence-electron chi connectivity index (χ0n) is 18.8. The van der Waals surface area contributed by atoms with E-state index in [1.807, 2.05) is 36.9 Å². The predicted molar refractivity (Wildman–Crippen MR) is 124 cm³/mol. The van der Waals surface area contributed by atoms with Crippen LogP contribution in [-0.4, -0.2) is 34.0 Å². The number of para-hydroxylation sites is 1. The second-order valence-electron chi connectivity index (χ2n) is 7.65. The lowest BCUT2D eigenvalue weighted by Gasteiger charge is -2.30. The molecule has 1 unspecified atom stereocenters. The molecule has 0 saturated carbocycles. The maximum Gasteiger partial charge on any atom is 0.261 e. The number of amides is 1. The minimum absolute atomic E-state index is 0.0691. The van der Waals surface area contributed by atoms with Crippen LogP contribution in [0.25, 0.3) is 10.9 Å². The van der Waals surface area contributed by atoms with Gasteiger partial charge in [0.1, 0.15) is 11.6 Å². The summed E-state index contributed by atoms with van der Waals surface area (Å²) in [4.78, 5) is 33.2. The Balaban J connectivity index is 2.04. The minimum Gasteiger partial charge on any atom is -0.497 e. The molecule has 0 aliphatic carbocycles. The van der Waals surface area contributed by atoms with E-state index in [2.05, 4.69) is 6.92 Å². The van der Waals surface area contributed by atoms with Crippen LogP contribution in [0.15, 0.2) is 53.3 Å². The first-order valence-corrected chi connectivity index (χ1v) is 11.0. The molecule has 1 heterocycles. The summed E-state index contributed by atoms with van der Waals surface area (Å²) in [6, 6.07) is 14.2. The molecule has 2 aromatic carbocycles. The number of carbonyl (C=O) groups is 1. The number of aromatic nitrogens is 2. The van der Waals surface area contributed by atoms with Gasteiger partial charge in [0.2, 0.25) is 0 Å². The summed E-state index contributed by atoms with van der Waals surface area (Å²) in [5.41, 5.74) is 1.18. The molecule has 0 saturated heterocycles. The fourth-order valence-electron chi connectivity index (χ4n) is 3.85. The molecule has 31 heavy (non-hydrogen) atoms. The Hall–Kier alpha value is -3.15. The Morgan fingerprint density at radius 2 is 1.81 bits per heavy atom. The van der Waals surface area contributed by atoms with Gasteiger partial charge in [0.15, 0.2) is 0 Å². The zero-order valence-corrected chi connectivity index (χ0v) is 18.8. The molecular weight excluding hydrogens is 390 g/mol. The van der Waals surface area contributed by atoms with E-state index in [-0.39, 0.29) is 17.5 Å². The molecule has 1 atom stereocenters. The van der Waals surface area contributed by atoms with E-state index in [1.165, 1.54) is 0 Å². The van der Waals surface area contributed by atoms with Crippen molar-refractivity contribution in [2.75, 3.05) is 13.7 Å². The molecule has 0 fully saturated rings. The second kappa shape index (κ2) is 10.2. The average Bonchev–Trinajstić information content (AvgIpc) is 2.81. The number of ether oxygens (including phenoxy) is 1. The van der Waals surface area contributed by atoms with Crippen molar-refractivity contribution >= 4 is 16.8 Å². The Morgan fingerprint density at radius 3 is 2.45 bits per heavy atom. The van der Waals surface area contributed by atoms with Gasteiger partial charge in [-0.25, -0.2) is 4.98 Å². The number of methoxy groups -OCH3 is 1. The molecule has 1 amide bonds. The number of rotatable bonds is 9. The van der Waals surface area contributed by atoms with Crippen molar-refractivity contribution in [2.45, 2.75) is 52.6 Å². The maximum atomic E-state index is 13.5. The largest absolute Gasteiger partial charge is 0.497 e. The summed E-state index contributed by atoms with van der Waals surface area (Å²) in [5.74, 6) is 1.25. The lowest BCUT2D eigenvalue weighted by atomic mass is 10.1. The average molecular weight is 422 g/mol. The summed E-state index contributed by atoms with van der Waals surface area (Å²) in [6.07, 6.45) is 2.99. The van der Waals surface area contributed by atoms with Gasteiger partial charge in [0.25, 0.3) is 11.5 Å². The first-order valence-electron chi connectivity index (χ1n) is 11.0. The van der Waals surface area contributed by atoms with E-state index < -0.39 is 0 Å². The highest BCUT2D eigenvalue weighted by Gasteiger charge is 2.26. The molecule has 164 valence electrons. The van der Waals surface area contributed by atoms with Crippen molar-refractivity contribution < 1.29 is 9.53 Å². The summed E-state index contributed by atoms with van der Waals surface area (Å²) < 4.78 is 6.90. The SMILES string of the molecule is CCCCCN(C(=O)c1ccc(OC)cc1)C(C)c1nc2ccccc2c(=O)n1CC. The van der Waals surface area contributed by atoms with Gasteiger partial charge in [-0.1, -0.05) is 31.9 Å². The van der Waals surface area contributed by atoms with Gasteiger partial charge in [0, 0.05) is 18.7 Å². The van der Waals surface area contributed by atoms with Gasteiger partial charge >= 0.3 is 0 Å². The van der Waals surface area contributed by atoms with E-state index in [0.29, 0.717) is 41.1 Å². The number of fused-ring (bicyclic) bond motifs is 1. The third-order valence-electron chi connectivity index (χ3n) is 5.65. The van der Waals surface area contributed by atoms with Crippen molar-refractivity contribution in [1.29, 1.82) is 0 Å². The van der Waals surface area contributed by atoms with Crippen LogP contribution in [0.3, 0.4) is 0 Å². The summed E-state index contributed by atoms with van der Waals surface area (Å²) in [5, 5.41) is 0.597. The van der Waals surface area contributed by atoms with Gasteiger partial charge in [-0.15, -0.1) is 0 Å². The summed E-state index contributed by atoms with van der Waals surface area (Å²) in [7, 11) is 1.60. The van der Waals surface area contributed by atoms with E-state index in [0.717, 1.165) is 19.3 Å². The molecule has 3 aromatic rings. The molecule has 0 aliphatic heterocycles. The van der Waals surface area contributed by atoms with Crippen LogP contribution in [0.1, 0.15) is 62.3 Å². The van der Waals surface area contributed by atoms with Crippen LogP contribution in [0.5, 0.6) is 5.75 Å². The molecule has 0 bridgehead atoms. The van der Waals surface area contributed by atoms with E-state index in [9.17, 15) is 9.59 Å². The Bertz CT molecular complexity index is 1090. The quantitative estimate of drug-likeness (QED) is 0.465. The molecule has 0 radical (unpaired) electrons.